The highest BCUT2D eigenvalue weighted by Crippen LogP contribution is 2.15. The summed E-state index contributed by atoms with van der Waals surface area (Å²) in [4.78, 5) is 0. The van der Waals surface area contributed by atoms with Gasteiger partial charge >= 0.3 is 0 Å². The minimum atomic E-state index is 0.797. The van der Waals surface area contributed by atoms with Crippen molar-refractivity contribution in [3.63, 3.8) is 0 Å². The first-order chi connectivity index (χ1) is 14.3. The van der Waals surface area contributed by atoms with Crippen LogP contribution in [0, 0.1) is 5.92 Å². The normalized spacial score (nSPS) is 12.3. The van der Waals surface area contributed by atoms with E-state index in [-0.39, 0.29) is 0 Å². The summed E-state index contributed by atoms with van der Waals surface area (Å²) in [5, 5.41) is 3.61. The van der Waals surface area contributed by atoms with E-state index in [0.717, 1.165) is 19.0 Å². The van der Waals surface area contributed by atoms with Gasteiger partial charge in [-0.05, 0) is 24.4 Å². The lowest BCUT2D eigenvalue weighted by Gasteiger charge is -2.12. The summed E-state index contributed by atoms with van der Waals surface area (Å²) in [5.41, 5.74) is 1.39. The van der Waals surface area contributed by atoms with Crippen molar-refractivity contribution in [2.45, 2.75) is 130 Å². The van der Waals surface area contributed by atoms with Gasteiger partial charge in [-0.15, -0.1) is 0 Å². The lowest BCUT2D eigenvalue weighted by Crippen LogP contribution is -2.20. The van der Waals surface area contributed by atoms with Gasteiger partial charge in [0.05, 0.1) is 0 Å². The van der Waals surface area contributed by atoms with Gasteiger partial charge in [0.2, 0.25) is 0 Å². The Morgan fingerprint density at radius 1 is 0.621 bits per heavy atom. The second kappa shape index (κ2) is 20.5. The molecule has 0 radical (unpaired) electrons. The van der Waals surface area contributed by atoms with E-state index in [9.17, 15) is 0 Å². The fourth-order valence-corrected chi connectivity index (χ4v) is 4.20. The molecule has 0 amide bonds. The standard InChI is InChI=1S/C28H51N/c1-3-4-5-6-7-8-9-10-11-12-13-14-15-16-17-19-22-27(2)25-29-26-28-23-20-18-21-24-28/h18,20-21,23-24,27,29H,3-17,19,22,25-26H2,1-2H3. The number of rotatable bonds is 21. The van der Waals surface area contributed by atoms with Crippen molar-refractivity contribution in [3.8, 4) is 0 Å². The zero-order valence-corrected chi connectivity index (χ0v) is 19.9. The van der Waals surface area contributed by atoms with Crippen molar-refractivity contribution in [3.05, 3.63) is 35.9 Å². The second-order valence-corrected chi connectivity index (χ2v) is 9.31. The van der Waals surface area contributed by atoms with E-state index in [0.29, 0.717) is 0 Å². The third-order valence-corrected chi connectivity index (χ3v) is 6.22. The average Bonchev–Trinajstić information content (AvgIpc) is 2.74. The van der Waals surface area contributed by atoms with Crippen molar-refractivity contribution >= 4 is 0 Å². The van der Waals surface area contributed by atoms with E-state index < -0.39 is 0 Å². The maximum atomic E-state index is 3.61. The molecule has 0 spiro atoms. The van der Waals surface area contributed by atoms with E-state index in [1.165, 1.54) is 115 Å². The van der Waals surface area contributed by atoms with Gasteiger partial charge in [0.25, 0.3) is 0 Å². The predicted molar refractivity (Wildman–Crippen MR) is 131 cm³/mol. The van der Waals surface area contributed by atoms with Gasteiger partial charge in [-0.3, -0.25) is 0 Å². The van der Waals surface area contributed by atoms with Gasteiger partial charge in [-0.1, -0.05) is 147 Å². The van der Waals surface area contributed by atoms with Crippen LogP contribution in [0.3, 0.4) is 0 Å². The zero-order valence-electron chi connectivity index (χ0n) is 19.9. The molecule has 1 heteroatoms. The van der Waals surface area contributed by atoms with E-state index in [4.69, 9.17) is 0 Å². The average molecular weight is 402 g/mol. The quantitative estimate of drug-likeness (QED) is 0.202. The zero-order chi connectivity index (χ0) is 20.8. The second-order valence-electron chi connectivity index (χ2n) is 9.31. The summed E-state index contributed by atoms with van der Waals surface area (Å²) in [7, 11) is 0. The molecular weight excluding hydrogens is 350 g/mol. The van der Waals surface area contributed by atoms with Crippen LogP contribution >= 0.6 is 0 Å². The topological polar surface area (TPSA) is 12.0 Å². The third-order valence-electron chi connectivity index (χ3n) is 6.22. The van der Waals surface area contributed by atoms with Crippen LogP contribution in [0.4, 0.5) is 0 Å². The van der Waals surface area contributed by atoms with Gasteiger partial charge in [0.1, 0.15) is 0 Å². The molecule has 1 aromatic rings. The van der Waals surface area contributed by atoms with E-state index in [1.54, 1.807) is 0 Å². The number of hydrogen-bond acceptors (Lipinski definition) is 1. The van der Waals surface area contributed by atoms with E-state index in [2.05, 4.69) is 49.5 Å². The van der Waals surface area contributed by atoms with Crippen LogP contribution in [0.1, 0.15) is 129 Å². The predicted octanol–water partition coefficient (Wildman–Crippen LogP) is 9.06. The summed E-state index contributed by atoms with van der Waals surface area (Å²) >= 11 is 0. The molecule has 1 rings (SSSR count). The maximum absolute atomic E-state index is 3.61. The molecule has 1 nitrogen and oxygen atoms in total. The molecule has 0 saturated heterocycles. The summed E-state index contributed by atoms with van der Waals surface area (Å²) in [6, 6.07) is 10.7. The van der Waals surface area contributed by atoms with Crippen molar-refractivity contribution in [2.24, 2.45) is 5.92 Å². The smallest absolute Gasteiger partial charge is 0.0205 e. The monoisotopic (exact) mass is 401 g/mol. The first-order valence-electron chi connectivity index (χ1n) is 13.1. The first-order valence-corrected chi connectivity index (χ1v) is 13.1. The lowest BCUT2D eigenvalue weighted by atomic mass is 10.0. The highest BCUT2D eigenvalue weighted by Gasteiger charge is 2.02. The molecule has 0 saturated carbocycles. The van der Waals surface area contributed by atoms with Gasteiger partial charge in [-0.2, -0.15) is 0 Å². The molecule has 0 fully saturated rings. The molecule has 0 aliphatic rings. The first kappa shape index (κ1) is 26.2. The van der Waals surface area contributed by atoms with Crippen LogP contribution in [0.25, 0.3) is 0 Å². The van der Waals surface area contributed by atoms with Crippen molar-refractivity contribution in [2.75, 3.05) is 6.54 Å². The summed E-state index contributed by atoms with van der Waals surface area (Å²) in [5.74, 6) is 0.797. The fourth-order valence-electron chi connectivity index (χ4n) is 4.20. The Kier molecular flexibility index (Phi) is 18.5. The van der Waals surface area contributed by atoms with Crippen LogP contribution in [0.15, 0.2) is 30.3 Å². The molecule has 1 unspecified atom stereocenters. The van der Waals surface area contributed by atoms with Crippen molar-refractivity contribution in [1.29, 1.82) is 0 Å². The molecule has 1 atom stereocenters. The highest BCUT2D eigenvalue weighted by atomic mass is 14.9. The molecule has 29 heavy (non-hydrogen) atoms. The largest absolute Gasteiger partial charge is 0.312 e. The maximum Gasteiger partial charge on any atom is 0.0205 e. The van der Waals surface area contributed by atoms with E-state index in [1.807, 2.05) is 0 Å². The van der Waals surface area contributed by atoms with Crippen LogP contribution < -0.4 is 5.32 Å². The minimum absolute atomic E-state index is 0.797. The highest BCUT2D eigenvalue weighted by molar-refractivity contribution is 5.14. The third kappa shape index (κ3) is 17.7. The van der Waals surface area contributed by atoms with Crippen molar-refractivity contribution < 1.29 is 0 Å². The Morgan fingerprint density at radius 2 is 1.07 bits per heavy atom. The van der Waals surface area contributed by atoms with E-state index >= 15 is 0 Å². The number of benzene rings is 1. The SMILES string of the molecule is CCCCCCCCCCCCCCCCCCC(C)CNCc1ccccc1. The summed E-state index contributed by atoms with van der Waals surface area (Å²) in [6.07, 6.45) is 24.6. The molecule has 0 heterocycles. The Labute approximate surface area is 183 Å². The Morgan fingerprint density at radius 3 is 1.55 bits per heavy atom. The molecule has 0 aliphatic carbocycles. The summed E-state index contributed by atoms with van der Waals surface area (Å²) < 4.78 is 0. The van der Waals surface area contributed by atoms with Crippen molar-refractivity contribution in [1.82, 2.24) is 5.32 Å². The molecule has 1 N–H and O–H groups in total. The summed E-state index contributed by atoms with van der Waals surface area (Å²) in [6.45, 7) is 6.84. The number of hydrogen-bond donors (Lipinski definition) is 1. The molecule has 168 valence electrons. The molecule has 1 aromatic carbocycles. The van der Waals surface area contributed by atoms with Crippen LogP contribution in [0.2, 0.25) is 0 Å². The Balaban J connectivity index is 1.74. The Hall–Kier alpha value is -0.820. The molecule has 0 aliphatic heterocycles. The Bertz CT molecular complexity index is 427. The fraction of sp³-hybridized carbons (Fsp3) is 0.786. The van der Waals surface area contributed by atoms with Crippen LogP contribution in [0.5, 0.6) is 0 Å². The van der Waals surface area contributed by atoms with Gasteiger partial charge in [0, 0.05) is 6.54 Å². The number of unbranched alkanes of at least 4 members (excludes halogenated alkanes) is 15. The van der Waals surface area contributed by atoms with Crippen LogP contribution in [-0.4, -0.2) is 6.54 Å². The van der Waals surface area contributed by atoms with Gasteiger partial charge in [-0.25, -0.2) is 0 Å². The minimum Gasteiger partial charge on any atom is -0.312 e. The van der Waals surface area contributed by atoms with Gasteiger partial charge < -0.3 is 5.32 Å². The van der Waals surface area contributed by atoms with Gasteiger partial charge in [0.15, 0.2) is 0 Å². The molecule has 0 aromatic heterocycles. The number of nitrogens with one attached hydrogen (secondary N) is 1. The molecular formula is C28H51N. The molecule has 0 bridgehead atoms. The lowest BCUT2D eigenvalue weighted by molar-refractivity contribution is 0.449. The van der Waals surface area contributed by atoms with Crippen LogP contribution in [-0.2, 0) is 6.54 Å².